The second kappa shape index (κ2) is 22.2. The molecule has 0 heterocycles. The van der Waals surface area contributed by atoms with Crippen molar-refractivity contribution in [1.29, 1.82) is 0 Å². The number of aryl methyl sites for hydroxylation is 1. The molecule has 2 aromatic rings. The summed E-state index contributed by atoms with van der Waals surface area (Å²) in [6, 6.07) is 4.17. The maximum Gasteiger partial charge on any atom is 0.243 e. The predicted molar refractivity (Wildman–Crippen MR) is 198 cm³/mol. The molecule has 0 fully saturated rings. The summed E-state index contributed by atoms with van der Waals surface area (Å²) in [6.45, 7) is 6.90. The number of nitrogens with one attached hydrogen (secondary N) is 3. The number of amides is 4. The minimum absolute atomic E-state index is 0.00998. The molecule has 0 aliphatic carbocycles. The Hall–Kier alpha value is -4.98. The molecule has 2 aromatic carbocycles. The lowest BCUT2D eigenvalue weighted by molar-refractivity contribution is -0.132. The Balaban J connectivity index is 2.07. The molecule has 2 rings (SSSR count). The van der Waals surface area contributed by atoms with Crippen LogP contribution in [-0.2, 0) is 19.2 Å². The van der Waals surface area contributed by atoms with Gasteiger partial charge in [0.05, 0.1) is 31.1 Å². The monoisotopic (exact) mass is 740 g/mol. The zero-order chi connectivity index (χ0) is 39.7. The van der Waals surface area contributed by atoms with Gasteiger partial charge in [0.1, 0.15) is 28.9 Å². The summed E-state index contributed by atoms with van der Waals surface area (Å²) in [4.78, 5) is 77.4. The van der Waals surface area contributed by atoms with Gasteiger partial charge in [-0.2, -0.15) is 0 Å². The van der Waals surface area contributed by atoms with Crippen LogP contribution in [-0.4, -0.2) is 80.4 Å². The number of aliphatic hydroxyl groups excluding tert-OH is 1. The molecule has 9 N–H and O–H groups in total. The molecule has 53 heavy (non-hydrogen) atoms. The Bertz CT molecular complexity index is 1570. The summed E-state index contributed by atoms with van der Waals surface area (Å²) >= 11 is 0. The van der Waals surface area contributed by atoms with Gasteiger partial charge in [0.15, 0.2) is 5.78 Å². The van der Waals surface area contributed by atoms with Crippen LogP contribution < -0.4 is 21.7 Å². The first kappa shape index (κ1) is 44.2. The van der Waals surface area contributed by atoms with Crippen LogP contribution in [0.3, 0.4) is 0 Å². The molecule has 3 atom stereocenters. The number of nitrogens with two attached hydrogens (primary N) is 1. The minimum Gasteiger partial charge on any atom is -0.507 e. The van der Waals surface area contributed by atoms with Crippen LogP contribution in [0.15, 0.2) is 30.3 Å². The summed E-state index contributed by atoms with van der Waals surface area (Å²) in [7, 11) is 0. The van der Waals surface area contributed by atoms with Crippen LogP contribution >= 0.6 is 0 Å². The lowest BCUT2D eigenvalue weighted by atomic mass is 9.89. The Morgan fingerprint density at radius 1 is 0.774 bits per heavy atom. The average Bonchev–Trinajstić information content (AvgIpc) is 3.05. The van der Waals surface area contributed by atoms with E-state index in [4.69, 9.17) is 5.73 Å². The van der Waals surface area contributed by atoms with Crippen molar-refractivity contribution in [3.63, 3.8) is 0 Å². The normalized spacial score (nSPS) is 12.8. The molecule has 0 aliphatic rings. The summed E-state index contributed by atoms with van der Waals surface area (Å²) < 4.78 is 0. The number of carbonyl (C=O) groups excluding carboxylic acids is 6. The lowest BCUT2D eigenvalue weighted by Crippen LogP contribution is -2.51. The van der Waals surface area contributed by atoms with Gasteiger partial charge in [0.2, 0.25) is 29.4 Å². The minimum atomic E-state index is -1.39. The van der Waals surface area contributed by atoms with Gasteiger partial charge in [-0.15, -0.1) is 0 Å². The topological polar surface area (TPSA) is 245 Å². The largest absolute Gasteiger partial charge is 0.507 e. The van der Waals surface area contributed by atoms with Crippen molar-refractivity contribution in [2.45, 2.75) is 123 Å². The molecule has 0 aromatic heterocycles. The Morgan fingerprint density at radius 3 is 2.00 bits per heavy atom. The van der Waals surface area contributed by atoms with Gasteiger partial charge >= 0.3 is 0 Å². The van der Waals surface area contributed by atoms with Crippen LogP contribution in [0, 0.1) is 12.8 Å². The number of hydrogen-bond acceptors (Lipinski definition) is 10. The van der Waals surface area contributed by atoms with Gasteiger partial charge in [-0.25, -0.2) is 0 Å². The first-order valence-electron chi connectivity index (χ1n) is 18.3. The highest BCUT2D eigenvalue weighted by Crippen LogP contribution is 2.34. The third kappa shape index (κ3) is 15.3. The number of aliphatic hydroxyl groups is 1. The first-order chi connectivity index (χ1) is 25.0. The SMILES string of the molecule is CCCCCCCCCC(O)CC(=O)NC(CC(N)=O)C(=O)NCC(=O)NC(CC(=O)c1cc(C)cc(O)c1C(=O)c1c(O)cccc1O)CC(C)C. The average molecular weight is 741 g/mol. The maximum absolute atomic E-state index is 13.7. The number of benzene rings is 2. The van der Waals surface area contributed by atoms with E-state index >= 15 is 0 Å². The zero-order valence-corrected chi connectivity index (χ0v) is 31.2. The molecular formula is C39H56N4O10. The van der Waals surface area contributed by atoms with E-state index in [9.17, 15) is 49.2 Å². The molecule has 14 nitrogen and oxygen atoms in total. The van der Waals surface area contributed by atoms with Gasteiger partial charge in [0, 0.05) is 18.0 Å². The van der Waals surface area contributed by atoms with E-state index in [-0.39, 0.29) is 24.3 Å². The molecule has 0 bridgehead atoms. The van der Waals surface area contributed by atoms with E-state index in [1.54, 1.807) is 6.92 Å². The van der Waals surface area contributed by atoms with Crippen LogP contribution in [0.5, 0.6) is 17.2 Å². The number of primary amides is 1. The van der Waals surface area contributed by atoms with Crippen LogP contribution in [0.25, 0.3) is 0 Å². The Kier molecular flexibility index (Phi) is 18.5. The van der Waals surface area contributed by atoms with E-state index in [2.05, 4.69) is 22.9 Å². The molecule has 0 saturated heterocycles. The Morgan fingerprint density at radius 2 is 1.40 bits per heavy atom. The predicted octanol–water partition coefficient (Wildman–Crippen LogP) is 3.81. The number of rotatable bonds is 24. The molecule has 0 spiro atoms. The number of phenolic OH excluding ortho intramolecular Hbond substituents is 3. The van der Waals surface area contributed by atoms with Crippen molar-refractivity contribution < 1.29 is 49.2 Å². The van der Waals surface area contributed by atoms with Crippen molar-refractivity contribution in [2.24, 2.45) is 11.7 Å². The molecule has 0 saturated carbocycles. The van der Waals surface area contributed by atoms with Crippen molar-refractivity contribution in [3.05, 3.63) is 52.6 Å². The number of phenols is 3. The summed E-state index contributed by atoms with van der Waals surface area (Å²) in [5, 5.41) is 49.1. The first-order valence-corrected chi connectivity index (χ1v) is 18.3. The molecule has 3 unspecified atom stereocenters. The van der Waals surface area contributed by atoms with E-state index < -0.39 is 94.7 Å². The fourth-order valence-electron chi connectivity index (χ4n) is 6.09. The molecular weight excluding hydrogens is 684 g/mol. The van der Waals surface area contributed by atoms with Gasteiger partial charge in [0.25, 0.3) is 0 Å². The Labute approximate surface area is 310 Å². The van der Waals surface area contributed by atoms with Gasteiger partial charge in [-0.1, -0.05) is 71.8 Å². The van der Waals surface area contributed by atoms with E-state index in [0.29, 0.717) is 18.4 Å². The summed E-state index contributed by atoms with van der Waals surface area (Å²) in [5.41, 5.74) is 4.66. The number of Topliss-reactive ketones (excluding diaryl/α,β-unsaturated/α-hetero) is 1. The standard InChI is InChI=1S/C39H56N4O10/c1-5-6-7-8-9-10-11-13-26(44)20-34(50)43-28(21-33(40)49)39(53)41-22-35(51)42-25(16-23(2)3)19-31(47)27-17-24(4)18-32(48)36(27)38(52)37-29(45)14-12-15-30(37)46/h12,14-15,17-18,23,25-26,28,44-46,48H,5-11,13,16,19-22H2,1-4H3,(H2,40,49)(H,41,53)(H,42,51)(H,43,50). The highest BCUT2D eigenvalue weighted by Gasteiger charge is 2.29. The van der Waals surface area contributed by atoms with Crippen LogP contribution in [0.2, 0.25) is 0 Å². The summed E-state index contributed by atoms with van der Waals surface area (Å²) in [6.07, 6.45) is 6.05. The van der Waals surface area contributed by atoms with E-state index in [1.165, 1.54) is 43.2 Å². The number of hydrogen-bond donors (Lipinski definition) is 8. The zero-order valence-electron chi connectivity index (χ0n) is 31.2. The van der Waals surface area contributed by atoms with Crippen molar-refractivity contribution in [1.82, 2.24) is 16.0 Å². The van der Waals surface area contributed by atoms with Crippen LogP contribution in [0.1, 0.15) is 130 Å². The third-order valence-electron chi connectivity index (χ3n) is 8.63. The maximum atomic E-state index is 13.7. The number of aromatic hydroxyl groups is 3. The smallest absolute Gasteiger partial charge is 0.243 e. The molecule has 14 heteroatoms. The fraction of sp³-hybridized carbons (Fsp3) is 0.538. The molecule has 0 radical (unpaired) electrons. The third-order valence-corrected chi connectivity index (χ3v) is 8.63. The van der Waals surface area contributed by atoms with Gasteiger partial charge in [-0.3, -0.25) is 28.8 Å². The quantitative estimate of drug-likeness (QED) is 0.0571. The highest BCUT2D eigenvalue weighted by atomic mass is 16.3. The fourth-order valence-corrected chi connectivity index (χ4v) is 6.09. The molecule has 0 aliphatic heterocycles. The second-order valence-corrected chi connectivity index (χ2v) is 14.0. The van der Waals surface area contributed by atoms with Crippen molar-refractivity contribution in [2.75, 3.05) is 6.54 Å². The number of ketones is 2. The number of unbranched alkanes of at least 4 members (excludes halogenated alkanes) is 6. The molecule has 292 valence electrons. The van der Waals surface area contributed by atoms with Gasteiger partial charge in [-0.05, 0) is 55.5 Å². The summed E-state index contributed by atoms with van der Waals surface area (Å²) in [5.74, 6) is -6.29. The van der Waals surface area contributed by atoms with Crippen molar-refractivity contribution >= 4 is 35.2 Å². The van der Waals surface area contributed by atoms with E-state index in [0.717, 1.165) is 32.1 Å². The molecule has 4 amide bonds. The highest BCUT2D eigenvalue weighted by molar-refractivity contribution is 6.19. The van der Waals surface area contributed by atoms with Crippen LogP contribution in [0.4, 0.5) is 0 Å². The van der Waals surface area contributed by atoms with Crippen molar-refractivity contribution in [3.8, 4) is 17.2 Å². The number of carbonyl (C=O) groups is 6. The second-order valence-electron chi connectivity index (χ2n) is 14.0. The van der Waals surface area contributed by atoms with E-state index in [1.807, 2.05) is 13.8 Å². The lowest BCUT2D eigenvalue weighted by Gasteiger charge is -2.22. The van der Waals surface area contributed by atoms with Gasteiger partial charge < -0.3 is 42.1 Å².